The van der Waals surface area contributed by atoms with Crippen LogP contribution in [0.15, 0.2) is 43.6 Å². The van der Waals surface area contributed by atoms with Crippen LogP contribution in [0, 0.1) is 5.82 Å². The van der Waals surface area contributed by atoms with Gasteiger partial charge in [0.05, 0.1) is 24.5 Å². The minimum absolute atomic E-state index is 0.297. The molecule has 1 aromatic heterocycles. The summed E-state index contributed by atoms with van der Waals surface area (Å²) in [4.78, 5) is 17.2. The van der Waals surface area contributed by atoms with Crippen molar-refractivity contribution in [2.24, 2.45) is 0 Å². The van der Waals surface area contributed by atoms with Crippen molar-refractivity contribution < 1.29 is 18.1 Å². The summed E-state index contributed by atoms with van der Waals surface area (Å²) >= 11 is 0. The van der Waals surface area contributed by atoms with Crippen LogP contribution in [0.3, 0.4) is 0 Å². The maximum absolute atomic E-state index is 13.9. The van der Waals surface area contributed by atoms with E-state index in [4.69, 9.17) is 4.74 Å². The third-order valence-electron chi connectivity index (χ3n) is 3.62. The molecule has 8 nitrogen and oxygen atoms in total. The molecule has 2 fully saturated rings. The second-order valence-corrected chi connectivity index (χ2v) is 7.29. The summed E-state index contributed by atoms with van der Waals surface area (Å²) < 4.78 is 30.4. The lowest BCUT2D eigenvalue weighted by Crippen LogP contribution is -2.26. The van der Waals surface area contributed by atoms with E-state index in [1.54, 1.807) is 23.1 Å². The molecule has 2 aromatic rings. The van der Waals surface area contributed by atoms with Crippen molar-refractivity contribution in [1.29, 1.82) is 0 Å². The standard InChI is InChI=1S/C14H14FN5O2.C2H4OS/c1-2-17-13-4-3-10(5-12(13)15)20-7-11(22-14(20)21)6-19-9-16-8-18-19;3-4-1-2-4/h2-5,8-9,11,17H,1,6-7H2;1-2H2. The highest BCUT2D eigenvalue weighted by atomic mass is 32.2. The lowest BCUT2D eigenvalue weighted by Gasteiger charge is -2.14. The van der Waals surface area contributed by atoms with Gasteiger partial charge in [-0.25, -0.2) is 18.9 Å². The van der Waals surface area contributed by atoms with Crippen molar-refractivity contribution in [2.75, 3.05) is 28.3 Å². The first kappa shape index (κ1) is 18.1. The van der Waals surface area contributed by atoms with Gasteiger partial charge in [-0.05, 0) is 24.4 Å². The number of ether oxygens (including phenoxy) is 1. The predicted octanol–water partition coefficient (Wildman–Crippen LogP) is 1.75. The molecule has 0 spiro atoms. The summed E-state index contributed by atoms with van der Waals surface area (Å²) in [6, 6.07) is 4.48. The number of carbonyl (C=O) groups excluding carboxylic acids is 1. The maximum atomic E-state index is 13.9. The van der Waals surface area contributed by atoms with Crippen LogP contribution < -0.4 is 10.2 Å². The number of carbonyl (C=O) groups is 1. The second kappa shape index (κ2) is 8.09. The summed E-state index contributed by atoms with van der Waals surface area (Å²) in [6.45, 7) is 4.21. The van der Waals surface area contributed by atoms with Crippen molar-refractivity contribution in [2.45, 2.75) is 12.6 Å². The minimum Gasteiger partial charge on any atom is -0.442 e. The van der Waals surface area contributed by atoms with Crippen molar-refractivity contribution in [3.05, 3.63) is 49.4 Å². The molecule has 2 aliphatic heterocycles. The van der Waals surface area contributed by atoms with Gasteiger partial charge < -0.3 is 10.1 Å². The average molecular weight is 379 g/mol. The van der Waals surface area contributed by atoms with Crippen LogP contribution in [0.4, 0.5) is 20.6 Å². The molecule has 0 radical (unpaired) electrons. The Morgan fingerprint density at radius 1 is 1.46 bits per heavy atom. The first-order valence-electron chi connectivity index (χ1n) is 7.89. The van der Waals surface area contributed by atoms with E-state index in [0.29, 0.717) is 24.5 Å². The summed E-state index contributed by atoms with van der Waals surface area (Å²) in [6.07, 6.45) is 3.48. The number of hydrogen-bond donors (Lipinski definition) is 1. The number of benzene rings is 1. The highest BCUT2D eigenvalue weighted by molar-refractivity contribution is 7.92. The van der Waals surface area contributed by atoms with Gasteiger partial charge in [0.2, 0.25) is 0 Å². The zero-order valence-electron chi connectivity index (χ0n) is 13.9. The molecule has 2 aliphatic rings. The van der Waals surface area contributed by atoms with Gasteiger partial charge in [0.1, 0.15) is 24.6 Å². The molecule has 0 bridgehead atoms. The Morgan fingerprint density at radius 2 is 2.23 bits per heavy atom. The first-order valence-corrected chi connectivity index (χ1v) is 9.38. The Balaban J connectivity index is 0.000000433. The topological polar surface area (TPSA) is 89.3 Å². The highest BCUT2D eigenvalue weighted by Gasteiger charge is 2.33. The van der Waals surface area contributed by atoms with E-state index in [2.05, 4.69) is 22.0 Å². The molecule has 10 heteroatoms. The van der Waals surface area contributed by atoms with Gasteiger partial charge in [0.15, 0.2) is 0 Å². The molecule has 0 saturated carbocycles. The summed E-state index contributed by atoms with van der Waals surface area (Å²) in [5, 5.41) is 6.65. The van der Waals surface area contributed by atoms with Gasteiger partial charge >= 0.3 is 6.09 Å². The van der Waals surface area contributed by atoms with Gasteiger partial charge in [0.25, 0.3) is 0 Å². The smallest absolute Gasteiger partial charge is 0.414 e. The summed E-state index contributed by atoms with van der Waals surface area (Å²) in [7, 11) is -0.361. The van der Waals surface area contributed by atoms with E-state index >= 15 is 0 Å². The molecule has 1 N–H and O–H groups in total. The molecule has 3 heterocycles. The van der Waals surface area contributed by atoms with Gasteiger partial charge in [-0.15, -0.1) is 0 Å². The Kier molecular flexibility index (Phi) is 5.61. The number of rotatable bonds is 5. The van der Waals surface area contributed by atoms with E-state index in [1.807, 2.05) is 0 Å². The number of nitrogens with zero attached hydrogens (tertiary/aromatic N) is 4. The van der Waals surface area contributed by atoms with Crippen molar-refractivity contribution in [3.63, 3.8) is 0 Å². The molecule has 2 saturated heterocycles. The van der Waals surface area contributed by atoms with Crippen molar-refractivity contribution >= 4 is 28.3 Å². The van der Waals surface area contributed by atoms with E-state index in [9.17, 15) is 13.4 Å². The Labute approximate surface area is 152 Å². The molecule has 1 atom stereocenters. The third-order valence-corrected chi connectivity index (χ3v) is 4.37. The van der Waals surface area contributed by atoms with Gasteiger partial charge in [-0.1, -0.05) is 6.58 Å². The quantitative estimate of drug-likeness (QED) is 0.796. The van der Waals surface area contributed by atoms with Crippen molar-refractivity contribution in [1.82, 2.24) is 14.8 Å². The van der Waals surface area contributed by atoms with E-state index < -0.39 is 11.9 Å². The SMILES string of the molecule is C=CNc1ccc(N2CC(Cn3cncn3)OC2=O)cc1F.O=S1CC1. The van der Waals surface area contributed by atoms with Crippen LogP contribution in [0.2, 0.25) is 0 Å². The van der Waals surface area contributed by atoms with Crippen LogP contribution in [-0.4, -0.2) is 49.2 Å². The first-order chi connectivity index (χ1) is 12.6. The fraction of sp³-hybridized carbons (Fsp3) is 0.312. The lowest BCUT2D eigenvalue weighted by atomic mass is 10.2. The molecule has 1 amide bonds. The van der Waals surface area contributed by atoms with Gasteiger partial charge in [-0.3, -0.25) is 9.11 Å². The number of aromatic nitrogens is 3. The largest absolute Gasteiger partial charge is 0.442 e. The Morgan fingerprint density at radius 3 is 2.81 bits per heavy atom. The number of hydrogen-bond acceptors (Lipinski definition) is 6. The van der Waals surface area contributed by atoms with Crippen LogP contribution >= 0.6 is 0 Å². The number of amides is 1. The van der Waals surface area contributed by atoms with E-state index in [1.165, 1.54) is 23.5 Å². The van der Waals surface area contributed by atoms with Crippen molar-refractivity contribution in [3.8, 4) is 0 Å². The zero-order chi connectivity index (χ0) is 18.5. The summed E-state index contributed by atoms with van der Waals surface area (Å²) in [5.74, 6) is 1.45. The number of cyclic esters (lactones) is 1. The van der Waals surface area contributed by atoms with Crippen LogP contribution in [0.1, 0.15) is 0 Å². The fourth-order valence-corrected chi connectivity index (χ4v) is 2.57. The third kappa shape index (κ3) is 4.66. The predicted molar refractivity (Wildman–Crippen MR) is 95.7 cm³/mol. The zero-order valence-corrected chi connectivity index (χ0v) is 14.7. The molecular weight excluding hydrogens is 361 g/mol. The maximum Gasteiger partial charge on any atom is 0.414 e. The Bertz CT molecular complexity index is 808. The monoisotopic (exact) mass is 379 g/mol. The highest BCUT2D eigenvalue weighted by Crippen LogP contribution is 2.26. The second-order valence-electron chi connectivity index (χ2n) is 5.59. The number of halogens is 1. The Hall–Kier alpha value is -2.75. The number of nitrogens with one attached hydrogen (secondary N) is 1. The van der Waals surface area contributed by atoms with Crippen LogP contribution in [0.5, 0.6) is 0 Å². The fourth-order valence-electron chi connectivity index (χ4n) is 2.30. The molecule has 4 rings (SSSR count). The van der Waals surface area contributed by atoms with E-state index in [0.717, 1.165) is 11.5 Å². The molecular formula is C16H18FN5O3S. The van der Waals surface area contributed by atoms with Gasteiger partial charge in [0, 0.05) is 22.3 Å². The van der Waals surface area contributed by atoms with Crippen LogP contribution in [0.25, 0.3) is 0 Å². The molecule has 138 valence electrons. The van der Waals surface area contributed by atoms with E-state index in [-0.39, 0.29) is 16.9 Å². The lowest BCUT2D eigenvalue weighted by molar-refractivity contribution is 0.129. The molecule has 26 heavy (non-hydrogen) atoms. The van der Waals surface area contributed by atoms with Gasteiger partial charge in [-0.2, -0.15) is 5.10 Å². The molecule has 1 unspecified atom stereocenters. The molecule has 1 aromatic carbocycles. The summed E-state index contributed by atoms with van der Waals surface area (Å²) in [5.41, 5.74) is 0.740. The molecule has 0 aliphatic carbocycles. The van der Waals surface area contributed by atoms with Crippen LogP contribution in [-0.2, 0) is 22.1 Å². The average Bonchev–Trinajstić information content (AvgIpc) is 3.08. The normalized spacial score (nSPS) is 18.7. The minimum atomic E-state index is -0.506. The number of anilines is 2.